The summed E-state index contributed by atoms with van der Waals surface area (Å²) in [5, 5.41) is 13.1. The van der Waals surface area contributed by atoms with Gasteiger partial charge >= 0.3 is 12.1 Å². The maximum absolute atomic E-state index is 14.5. The number of ether oxygens (including phenoxy) is 4. The van der Waals surface area contributed by atoms with E-state index in [0.29, 0.717) is 35.3 Å². The molecule has 0 saturated carbocycles. The molecule has 312 valence electrons. The number of rotatable bonds is 14. The van der Waals surface area contributed by atoms with Gasteiger partial charge in [-0.3, -0.25) is 24.0 Å². The highest BCUT2D eigenvalue weighted by Crippen LogP contribution is 2.38. The Bertz CT molecular complexity index is 1770. The Morgan fingerprint density at radius 1 is 1.04 bits per heavy atom. The summed E-state index contributed by atoms with van der Waals surface area (Å²) in [6, 6.07) is 1.21. The molecule has 1 aromatic carbocycles. The lowest BCUT2D eigenvalue weighted by molar-refractivity contribution is -0.145. The van der Waals surface area contributed by atoms with Crippen molar-refractivity contribution in [3.8, 4) is 5.75 Å². The molecular weight excluding hydrogens is 740 g/mol. The molecule has 2 unspecified atom stereocenters. The first kappa shape index (κ1) is 45.7. The molecule has 2 aliphatic rings. The van der Waals surface area contributed by atoms with Crippen LogP contribution in [0.1, 0.15) is 77.0 Å². The van der Waals surface area contributed by atoms with Crippen LogP contribution < -0.4 is 31.3 Å². The maximum Gasteiger partial charge on any atom is 0.407 e. The third-order valence-corrected chi connectivity index (χ3v) is 9.11. The van der Waals surface area contributed by atoms with Crippen molar-refractivity contribution in [2.75, 3.05) is 48.0 Å². The molecular formula is C40H56N6O11. The summed E-state index contributed by atoms with van der Waals surface area (Å²) in [6.07, 6.45) is 3.56. The minimum absolute atomic E-state index is 0.0119. The summed E-state index contributed by atoms with van der Waals surface area (Å²) in [5.74, 6) is -3.26. The minimum atomic E-state index is -1.37. The van der Waals surface area contributed by atoms with Gasteiger partial charge in [0.25, 0.3) is 0 Å². The molecule has 17 heteroatoms. The smallest absolute Gasteiger partial charge is 0.407 e. The lowest BCUT2D eigenvalue weighted by atomic mass is 9.87. The fraction of sp³-hybridized carbons (Fsp3) is 0.525. The van der Waals surface area contributed by atoms with E-state index in [4.69, 9.17) is 18.9 Å². The van der Waals surface area contributed by atoms with Crippen molar-refractivity contribution in [3.63, 3.8) is 0 Å². The maximum atomic E-state index is 14.5. The van der Waals surface area contributed by atoms with Crippen LogP contribution in [0.4, 0.5) is 4.79 Å². The van der Waals surface area contributed by atoms with Crippen LogP contribution in [-0.2, 0) is 43.0 Å². The van der Waals surface area contributed by atoms with Crippen LogP contribution in [0.25, 0.3) is 5.57 Å². The molecule has 0 spiro atoms. The second-order valence-corrected chi connectivity index (χ2v) is 14.6. The molecule has 57 heavy (non-hydrogen) atoms. The van der Waals surface area contributed by atoms with Gasteiger partial charge in [-0.05, 0) is 74.4 Å². The molecule has 1 aliphatic carbocycles. The second kappa shape index (κ2) is 21.0. The third-order valence-electron chi connectivity index (χ3n) is 9.11. The zero-order valence-electron chi connectivity index (χ0n) is 34.0. The predicted molar refractivity (Wildman–Crippen MR) is 209 cm³/mol. The van der Waals surface area contributed by atoms with E-state index in [1.165, 1.54) is 28.2 Å². The number of nitrogens with zero attached hydrogens (tertiary/aromatic N) is 1. The molecule has 1 heterocycles. The number of fused-ring (bicyclic) bond motifs is 4. The summed E-state index contributed by atoms with van der Waals surface area (Å²) in [5.41, 5.74) is 1.89. The van der Waals surface area contributed by atoms with Crippen molar-refractivity contribution in [2.45, 2.75) is 89.6 Å². The molecule has 1 aliphatic heterocycles. The molecule has 17 nitrogen and oxygen atoms in total. The molecule has 0 saturated heterocycles. The Kier molecular flexibility index (Phi) is 16.8. The van der Waals surface area contributed by atoms with Gasteiger partial charge in [0.1, 0.15) is 29.5 Å². The lowest BCUT2D eigenvalue weighted by Gasteiger charge is -2.33. The highest BCUT2D eigenvalue weighted by molar-refractivity contribution is 5.96. The predicted octanol–water partition coefficient (Wildman–Crippen LogP) is 1.97. The normalized spacial score (nSPS) is 18.8. The van der Waals surface area contributed by atoms with Gasteiger partial charge in [-0.2, -0.15) is 0 Å². The highest BCUT2D eigenvalue weighted by Gasteiger charge is 2.36. The standard InChI is InChI=1S/C40H56N6O11/c1-23(11-10-17-42-39(53)57-40(3,4)5)34(45-32(48)16-18-41-24(2)47)37(51)46(6)35-26-13-15-31(55-8)28(21-26)27-19-25(12-14-30(27)54-7)20-29(38(52)56-9)44-33(49)22-43-36(35)50/h12-13,15,19,21,29-30,34-35H,1,10-11,14,16-18,20,22H2,2-9H3,(H,41,47)(H,42,53)(H,43,50)(H,44,49)(H,45,48)/t29-,30?,34-,35?/m0/s1. The van der Waals surface area contributed by atoms with Crippen LogP contribution in [0.3, 0.4) is 0 Å². The summed E-state index contributed by atoms with van der Waals surface area (Å²) in [4.78, 5) is 92.5. The zero-order chi connectivity index (χ0) is 42.4. The lowest BCUT2D eigenvalue weighted by Crippen LogP contribution is -2.53. The van der Waals surface area contributed by atoms with E-state index in [-0.39, 0.29) is 43.8 Å². The van der Waals surface area contributed by atoms with E-state index in [1.54, 1.807) is 46.1 Å². The molecule has 1 aromatic rings. The molecule has 5 N–H and O–H groups in total. The van der Waals surface area contributed by atoms with Crippen LogP contribution in [0.2, 0.25) is 0 Å². The van der Waals surface area contributed by atoms with Crippen LogP contribution in [0.5, 0.6) is 5.75 Å². The van der Waals surface area contributed by atoms with E-state index in [0.717, 1.165) is 10.5 Å². The number of carbonyl (C=O) groups is 7. The summed E-state index contributed by atoms with van der Waals surface area (Å²) < 4.78 is 21.8. The van der Waals surface area contributed by atoms with Gasteiger partial charge in [-0.1, -0.05) is 24.8 Å². The van der Waals surface area contributed by atoms with Crippen LogP contribution >= 0.6 is 0 Å². The quantitative estimate of drug-likeness (QED) is 0.104. The number of methoxy groups -OCH3 is 3. The number of nitrogens with one attached hydrogen (secondary N) is 5. The van der Waals surface area contributed by atoms with Crippen molar-refractivity contribution in [1.29, 1.82) is 0 Å². The van der Waals surface area contributed by atoms with Crippen LogP contribution in [0.15, 0.2) is 48.1 Å². The fourth-order valence-electron chi connectivity index (χ4n) is 6.33. The number of esters is 1. The number of hydrogen-bond acceptors (Lipinski definition) is 11. The first-order chi connectivity index (χ1) is 26.9. The summed E-state index contributed by atoms with van der Waals surface area (Å²) in [6.45, 7) is 10.3. The van der Waals surface area contributed by atoms with Crippen molar-refractivity contribution in [3.05, 3.63) is 59.2 Å². The number of likely N-dealkylation sites (N-methyl/N-ethyl adjacent to an activating group) is 1. The van der Waals surface area contributed by atoms with Crippen LogP contribution in [-0.4, -0.2) is 118 Å². The molecule has 3 rings (SSSR count). The van der Waals surface area contributed by atoms with Gasteiger partial charge in [0.15, 0.2) is 0 Å². The van der Waals surface area contributed by atoms with Crippen molar-refractivity contribution in [1.82, 2.24) is 31.5 Å². The number of alkyl carbamates (subject to hydrolysis) is 1. The molecule has 0 aromatic heterocycles. The van der Waals surface area contributed by atoms with Gasteiger partial charge in [0.05, 0.1) is 26.9 Å². The van der Waals surface area contributed by atoms with Gasteiger partial charge in [0, 0.05) is 52.6 Å². The van der Waals surface area contributed by atoms with Crippen LogP contribution in [0, 0.1) is 0 Å². The average Bonchev–Trinajstić information content (AvgIpc) is 3.15. The molecule has 0 fully saturated rings. The van der Waals surface area contributed by atoms with Gasteiger partial charge in [0.2, 0.25) is 29.5 Å². The molecule has 0 radical (unpaired) electrons. The van der Waals surface area contributed by atoms with Gasteiger partial charge < -0.3 is 50.4 Å². The monoisotopic (exact) mass is 796 g/mol. The SMILES string of the molecule is C=C(CCCNC(=O)OC(C)(C)C)[C@H](NC(=O)CCNC(C)=O)C(=O)N(C)C1C(=O)NCC(=O)N[C@H](C(=O)OC)CC2=CCC(OC)C(=C2)c2cc1ccc2OC. The van der Waals surface area contributed by atoms with Crippen molar-refractivity contribution >= 4 is 47.2 Å². The largest absolute Gasteiger partial charge is 0.496 e. The number of amides is 6. The third kappa shape index (κ3) is 13.5. The summed E-state index contributed by atoms with van der Waals surface area (Å²) >= 11 is 0. The highest BCUT2D eigenvalue weighted by atomic mass is 16.6. The van der Waals surface area contributed by atoms with E-state index in [2.05, 4.69) is 33.2 Å². The number of hydrogen-bond donors (Lipinski definition) is 5. The molecule has 4 atom stereocenters. The molecule has 6 amide bonds. The Labute approximate surface area is 333 Å². The first-order valence-corrected chi connectivity index (χ1v) is 18.6. The Hall–Kier alpha value is -5.71. The first-order valence-electron chi connectivity index (χ1n) is 18.6. The number of benzene rings is 1. The van der Waals surface area contributed by atoms with Crippen molar-refractivity contribution in [2.24, 2.45) is 0 Å². The second-order valence-electron chi connectivity index (χ2n) is 14.6. The number of allylic oxidation sites excluding steroid dienone is 1. The Balaban J connectivity index is 2.06. The van der Waals surface area contributed by atoms with E-state index in [1.807, 2.05) is 12.2 Å². The van der Waals surface area contributed by atoms with E-state index >= 15 is 0 Å². The fourth-order valence-corrected chi connectivity index (χ4v) is 6.33. The molecule has 4 bridgehead atoms. The number of carbonyl (C=O) groups excluding carboxylic acids is 7. The van der Waals surface area contributed by atoms with Gasteiger partial charge in [-0.25, -0.2) is 9.59 Å². The van der Waals surface area contributed by atoms with Crippen molar-refractivity contribution < 1.29 is 52.5 Å². The topological polar surface area (TPSA) is 220 Å². The van der Waals surface area contributed by atoms with E-state index < -0.39 is 72.1 Å². The zero-order valence-corrected chi connectivity index (χ0v) is 34.0. The summed E-state index contributed by atoms with van der Waals surface area (Å²) in [7, 11) is 5.65. The Morgan fingerprint density at radius 2 is 1.75 bits per heavy atom. The van der Waals surface area contributed by atoms with E-state index in [9.17, 15) is 33.6 Å². The Morgan fingerprint density at radius 3 is 2.39 bits per heavy atom. The van der Waals surface area contributed by atoms with Gasteiger partial charge in [-0.15, -0.1) is 0 Å². The average molecular weight is 797 g/mol. The minimum Gasteiger partial charge on any atom is -0.496 e.